The van der Waals surface area contributed by atoms with Gasteiger partial charge in [-0.25, -0.2) is 9.36 Å². The zero-order valence-electron chi connectivity index (χ0n) is 13.0. The van der Waals surface area contributed by atoms with Crippen LogP contribution in [0.5, 0.6) is 0 Å². The first kappa shape index (κ1) is 18.9. The van der Waals surface area contributed by atoms with Crippen LogP contribution in [0, 0.1) is 5.92 Å². The largest absolute Gasteiger partial charge is 0.466 e. The SMILES string of the molecule is CCOC(=O)CCCNC(=O)C1Cn2c(=O)c(Br)c(Br)c(=O)n2C1. The van der Waals surface area contributed by atoms with Crippen LogP contribution in [0.15, 0.2) is 18.5 Å². The lowest BCUT2D eigenvalue weighted by Gasteiger charge is -2.09. The summed E-state index contributed by atoms with van der Waals surface area (Å²) in [7, 11) is 0. The van der Waals surface area contributed by atoms with Gasteiger partial charge in [0.05, 0.1) is 25.6 Å². The molecule has 8 nitrogen and oxygen atoms in total. The lowest BCUT2D eigenvalue weighted by molar-refractivity contribution is -0.143. The smallest absolute Gasteiger partial charge is 0.305 e. The summed E-state index contributed by atoms with van der Waals surface area (Å²) in [6.07, 6.45) is 0.707. The highest BCUT2D eigenvalue weighted by Crippen LogP contribution is 2.18. The van der Waals surface area contributed by atoms with Crippen molar-refractivity contribution in [2.75, 3.05) is 13.2 Å². The third kappa shape index (κ3) is 3.97. The number of fused-ring (bicyclic) bond motifs is 1. The van der Waals surface area contributed by atoms with E-state index in [1.54, 1.807) is 6.92 Å². The van der Waals surface area contributed by atoms with Gasteiger partial charge < -0.3 is 10.1 Å². The summed E-state index contributed by atoms with van der Waals surface area (Å²) in [5.74, 6) is -1.05. The highest BCUT2D eigenvalue weighted by molar-refractivity contribution is 9.13. The maximum atomic E-state index is 12.2. The molecule has 1 aromatic heterocycles. The standard InChI is InChI=1S/C14H17Br2N3O5/c1-2-24-9(20)4-3-5-17-12(21)8-6-18-13(22)10(15)11(16)14(23)19(18)7-8/h8H,2-7H2,1H3,(H,17,21). The zero-order valence-corrected chi connectivity index (χ0v) is 16.2. The number of hydrogen-bond acceptors (Lipinski definition) is 5. The van der Waals surface area contributed by atoms with Gasteiger partial charge in [0, 0.05) is 13.0 Å². The molecule has 0 unspecified atom stereocenters. The molecule has 1 aromatic rings. The normalized spacial score (nSPS) is 13.6. The van der Waals surface area contributed by atoms with E-state index >= 15 is 0 Å². The average molecular weight is 467 g/mol. The Balaban J connectivity index is 1.94. The van der Waals surface area contributed by atoms with Gasteiger partial charge in [0.25, 0.3) is 11.1 Å². The van der Waals surface area contributed by atoms with E-state index < -0.39 is 5.92 Å². The second-order valence-corrected chi connectivity index (χ2v) is 6.89. The molecular weight excluding hydrogens is 450 g/mol. The van der Waals surface area contributed by atoms with Gasteiger partial charge in [0.1, 0.15) is 8.95 Å². The van der Waals surface area contributed by atoms with Gasteiger partial charge in [0.2, 0.25) is 5.91 Å². The number of amides is 1. The Hall–Kier alpha value is -1.42. The van der Waals surface area contributed by atoms with Crippen molar-refractivity contribution in [2.24, 2.45) is 5.92 Å². The molecule has 10 heteroatoms. The summed E-state index contributed by atoms with van der Waals surface area (Å²) >= 11 is 6.16. The van der Waals surface area contributed by atoms with Crippen LogP contribution in [0.3, 0.4) is 0 Å². The molecule has 0 saturated carbocycles. The van der Waals surface area contributed by atoms with Gasteiger partial charge in [0.15, 0.2) is 0 Å². The van der Waals surface area contributed by atoms with Crippen molar-refractivity contribution in [3.8, 4) is 0 Å². The number of hydrogen-bond donors (Lipinski definition) is 1. The molecule has 0 spiro atoms. The lowest BCUT2D eigenvalue weighted by atomic mass is 10.1. The third-order valence-corrected chi connectivity index (χ3v) is 5.65. The number of carbonyl (C=O) groups is 2. The Kier molecular flexibility index (Phi) is 6.39. The topological polar surface area (TPSA) is 99.4 Å². The van der Waals surface area contributed by atoms with E-state index in [4.69, 9.17) is 4.74 Å². The van der Waals surface area contributed by atoms with Gasteiger partial charge in [-0.05, 0) is 45.2 Å². The van der Waals surface area contributed by atoms with E-state index in [0.717, 1.165) is 0 Å². The molecule has 1 aliphatic rings. The summed E-state index contributed by atoms with van der Waals surface area (Å²) in [4.78, 5) is 47.7. The Bertz CT molecular complexity index is 726. The Morgan fingerprint density at radius 1 is 1.17 bits per heavy atom. The van der Waals surface area contributed by atoms with Crippen LogP contribution >= 0.6 is 31.9 Å². The van der Waals surface area contributed by atoms with Crippen molar-refractivity contribution in [3.05, 3.63) is 29.7 Å². The van der Waals surface area contributed by atoms with Crippen molar-refractivity contribution in [3.63, 3.8) is 0 Å². The van der Waals surface area contributed by atoms with E-state index in [2.05, 4.69) is 37.2 Å². The van der Waals surface area contributed by atoms with Gasteiger partial charge in [-0.3, -0.25) is 19.2 Å². The fraction of sp³-hybridized carbons (Fsp3) is 0.571. The van der Waals surface area contributed by atoms with E-state index in [-0.39, 0.29) is 51.5 Å². The number of nitrogens with one attached hydrogen (secondary N) is 1. The van der Waals surface area contributed by atoms with E-state index in [1.165, 1.54) is 9.36 Å². The summed E-state index contributed by atoms with van der Waals surface area (Å²) < 4.78 is 7.64. The first-order valence-corrected chi connectivity index (χ1v) is 9.07. The number of ether oxygens (including phenoxy) is 1. The van der Waals surface area contributed by atoms with Crippen molar-refractivity contribution in [1.29, 1.82) is 0 Å². The molecule has 0 atom stereocenters. The number of carbonyl (C=O) groups excluding carboxylic acids is 2. The van der Waals surface area contributed by atoms with Crippen molar-refractivity contribution < 1.29 is 14.3 Å². The zero-order chi connectivity index (χ0) is 17.9. The van der Waals surface area contributed by atoms with Gasteiger partial charge in [-0.15, -0.1) is 0 Å². The summed E-state index contributed by atoms with van der Waals surface area (Å²) in [6, 6.07) is 0. The summed E-state index contributed by atoms with van der Waals surface area (Å²) in [5.41, 5.74) is -0.724. The predicted octanol–water partition coefficient (Wildman–Crippen LogP) is 0.624. The number of halogens is 2. The Morgan fingerprint density at radius 2 is 1.71 bits per heavy atom. The summed E-state index contributed by atoms with van der Waals surface area (Å²) in [5, 5.41) is 2.72. The van der Waals surface area contributed by atoms with Crippen LogP contribution in [0.1, 0.15) is 19.8 Å². The van der Waals surface area contributed by atoms with Crippen LogP contribution in [0.25, 0.3) is 0 Å². The van der Waals surface area contributed by atoms with Crippen molar-refractivity contribution in [2.45, 2.75) is 32.9 Å². The second kappa shape index (κ2) is 8.11. The maximum absolute atomic E-state index is 12.2. The molecular formula is C14H17Br2N3O5. The minimum atomic E-state index is -0.501. The molecule has 0 aliphatic carbocycles. The van der Waals surface area contributed by atoms with E-state index in [9.17, 15) is 19.2 Å². The lowest BCUT2D eigenvalue weighted by Crippen LogP contribution is -2.35. The molecule has 0 aromatic carbocycles. The molecule has 24 heavy (non-hydrogen) atoms. The maximum Gasteiger partial charge on any atom is 0.305 e. The highest BCUT2D eigenvalue weighted by atomic mass is 79.9. The number of aromatic nitrogens is 2. The number of rotatable bonds is 6. The number of esters is 1. The minimum absolute atomic E-state index is 0.143. The Morgan fingerprint density at radius 3 is 2.21 bits per heavy atom. The van der Waals surface area contributed by atoms with Gasteiger partial charge in [-0.1, -0.05) is 0 Å². The monoisotopic (exact) mass is 465 g/mol. The summed E-state index contributed by atoms with van der Waals surface area (Å²) in [6.45, 7) is 2.69. The van der Waals surface area contributed by atoms with Crippen LogP contribution in [-0.2, 0) is 27.4 Å². The van der Waals surface area contributed by atoms with Crippen LogP contribution in [-0.4, -0.2) is 34.4 Å². The molecule has 1 aliphatic heterocycles. The second-order valence-electron chi connectivity index (χ2n) is 5.30. The molecule has 1 amide bonds. The first-order valence-electron chi connectivity index (χ1n) is 7.49. The van der Waals surface area contributed by atoms with Crippen LogP contribution in [0.4, 0.5) is 0 Å². The molecule has 0 saturated heterocycles. The molecule has 1 N–H and O–H groups in total. The molecule has 0 bridgehead atoms. The molecule has 2 rings (SSSR count). The van der Waals surface area contributed by atoms with E-state index in [0.29, 0.717) is 19.6 Å². The Labute approximate surface area is 154 Å². The molecule has 0 radical (unpaired) electrons. The fourth-order valence-corrected chi connectivity index (χ4v) is 3.21. The molecule has 2 heterocycles. The quantitative estimate of drug-likeness (QED) is 0.489. The van der Waals surface area contributed by atoms with Gasteiger partial charge in [-0.2, -0.15) is 0 Å². The first-order chi connectivity index (χ1) is 11.4. The van der Waals surface area contributed by atoms with Crippen LogP contribution < -0.4 is 16.4 Å². The predicted molar refractivity (Wildman–Crippen MR) is 92.7 cm³/mol. The number of nitrogens with zero attached hydrogens (tertiary/aromatic N) is 2. The van der Waals surface area contributed by atoms with Gasteiger partial charge >= 0.3 is 5.97 Å². The van der Waals surface area contributed by atoms with Crippen molar-refractivity contribution >= 4 is 43.7 Å². The minimum Gasteiger partial charge on any atom is -0.466 e. The average Bonchev–Trinajstić information content (AvgIpc) is 3.00. The highest BCUT2D eigenvalue weighted by Gasteiger charge is 2.30. The molecule has 132 valence electrons. The van der Waals surface area contributed by atoms with Crippen LogP contribution in [0.2, 0.25) is 0 Å². The molecule has 0 fully saturated rings. The fourth-order valence-electron chi connectivity index (χ4n) is 2.46. The van der Waals surface area contributed by atoms with E-state index in [1.807, 2.05) is 0 Å². The van der Waals surface area contributed by atoms with Crippen molar-refractivity contribution in [1.82, 2.24) is 14.7 Å². The third-order valence-electron chi connectivity index (χ3n) is 3.65.